The van der Waals surface area contributed by atoms with Gasteiger partial charge in [-0.05, 0) is 54.4 Å². The molecule has 0 bridgehead atoms. The van der Waals surface area contributed by atoms with E-state index in [2.05, 4.69) is 9.88 Å². The largest absolute Gasteiger partial charge is 0.497 e. The molecule has 0 spiro atoms. The summed E-state index contributed by atoms with van der Waals surface area (Å²) in [5, 5.41) is 4.06. The standard InChI is InChI=1S/C23H24N2O4S/c1-18-8-14-22(15-9-18)30(26,27)25-17-23(20-6-4-3-5-7-20)29-24-16-19-10-12-21(28-2)13-11-19/h3-16,23,25H,17H2,1-2H3/b24-16+/t23-/m0/s1. The first-order valence-corrected chi connectivity index (χ1v) is 10.9. The minimum atomic E-state index is -3.66. The van der Waals surface area contributed by atoms with E-state index in [0.29, 0.717) is 0 Å². The minimum absolute atomic E-state index is 0.0418. The molecular formula is C23H24N2O4S. The molecule has 3 aromatic carbocycles. The lowest BCUT2D eigenvalue weighted by Gasteiger charge is -2.16. The maximum absolute atomic E-state index is 12.6. The van der Waals surface area contributed by atoms with Gasteiger partial charge >= 0.3 is 0 Å². The second-order valence-corrected chi connectivity index (χ2v) is 8.44. The molecule has 1 atom stereocenters. The van der Waals surface area contributed by atoms with E-state index in [1.165, 1.54) is 0 Å². The van der Waals surface area contributed by atoms with Crippen LogP contribution in [-0.4, -0.2) is 28.3 Å². The maximum atomic E-state index is 12.6. The van der Waals surface area contributed by atoms with Gasteiger partial charge in [0.15, 0.2) is 6.10 Å². The summed E-state index contributed by atoms with van der Waals surface area (Å²) in [4.78, 5) is 5.86. The van der Waals surface area contributed by atoms with Crippen LogP contribution in [0.25, 0.3) is 0 Å². The average Bonchev–Trinajstić information content (AvgIpc) is 2.77. The van der Waals surface area contributed by atoms with E-state index in [1.54, 1.807) is 37.6 Å². The van der Waals surface area contributed by atoms with Gasteiger partial charge in [-0.3, -0.25) is 0 Å². The van der Waals surface area contributed by atoms with E-state index in [0.717, 1.165) is 22.4 Å². The lowest BCUT2D eigenvalue weighted by Crippen LogP contribution is -2.29. The van der Waals surface area contributed by atoms with E-state index in [9.17, 15) is 8.42 Å². The van der Waals surface area contributed by atoms with Crippen LogP contribution in [0.5, 0.6) is 5.75 Å². The normalized spacial score (nSPS) is 12.6. The number of methoxy groups -OCH3 is 1. The van der Waals surface area contributed by atoms with Crippen molar-refractivity contribution in [2.24, 2.45) is 5.16 Å². The molecule has 3 aromatic rings. The fourth-order valence-corrected chi connectivity index (χ4v) is 3.76. The molecule has 6 nitrogen and oxygen atoms in total. The number of aryl methyl sites for hydroxylation is 1. The van der Waals surface area contributed by atoms with Crippen LogP contribution in [0.3, 0.4) is 0 Å². The molecule has 7 heteroatoms. The van der Waals surface area contributed by atoms with Gasteiger partial charge in [-0.15, -0.1) is 0 Å². The van der Waals surface area contributed by atoms with Crippen LogP contribution < -0.4 is 9.46 Å². The molecule has 0 saturated carbocycles. The Morgan fingerprint density at radius 3 is 2.27 bits per heavy atom. The fourth-order valence-electron chi connectivity index (χ4n) is 2.72. The van der Waals surface area contributed by atoms with Crippen LogP contribution in [0.4, 0.5) is 0 Å². The molecule has 0 heterocycles. The van der Waals surface area contributed by atoms with Gasteiger partial charge in [0.2, 0.25) is 10.0 Å². The SMILES string of the molecule is COc1ccc(/C=N/O[C@@H](CNS(=O)(=O)c2ccc(C)cc2)c2ccccc2)cc1. The Morgan fingerprint density at radius 2 is 1.63 bits per heavy atom. The van der Waals surface area contributed by atoms with Gasteiger partial charge in [0.25, 0.3) is 0 Å². The summed E-state index contributed by atoms with van der Waals surface area (Å²) in [6.45, 7) is 1.95. The molecule has 0 saturated heterocycles. The Kier molecular flexibility index (Phi) is 7.21. The number of hydrogen-bond acceptors (Lipinski definition) is 5. The van der Waals surface area contributed by atoms with Gasteiger partial charge in [0, 0.05) is 0 Å². The predicted molar refractivity (Wildman–Crippen MR) is 117 cm³/mol. The monoisotopic (exact) mass is 424 g/mol. The van der Waals surface area contributed by atoms with Gasteiger partial charge in [0.05, 0.1) is 24.8 Å². The van der Waals surface area contributed by atoms with Gasteiger partial charge < -0.3 is 9.57 Å². The topological polar surface area (TPSA) is 77.0 Å². The maximum Gasteiger partial charge on any atom is 0.240 e. The first kappa shape index (κ1) is 21.5. The predicted octanol–water partition coefficient (Wildman–Crippen LogP) is 4.07. The second-order valence-electron chi connectivity index (χ2n) is 6.68. The molecule has 0 unspecified atom stereocenters. The summed E-state index contributed by atoms with van der Waals surface area (Å²) in [6.07, 6.45) is 0.991. The Labute approximate surface area is 177 Å². The highest BCUT2D eigenvalue weighted by molar-refractivity contribution is 7.89. The number of hydrogen-bond donors (Lipinski definition) is 1. The molecule has 0 fully saturated rings. The number of nitrogens with zero attached hydrogens (tertiary/aromatic N) is 1. The highest BCUT2D eigenvalue weighted by atomic mass is 32.2. The number of oxime groups is 1. The van der Waals surface area contributed by atoms with Crippen molar-refractivity contribution in [1.82, 2.24) is 4.72 Å². The molecular weight excluding hydrogens is 400 g/mol. The van der Waals surface area contributed by atoms with Crippen LogP contribution in [0.1, 0.15) is 22.8 Å². The average molecular weight is 425 g/mol. The first-order chi connectivity index (χ1) is 14.5. The summed E-state index contributed by atoms with van der Waals surface area (Å²) in [5.41, 5.74) is 2.64. The van der Waals surface area contributed by atoms with Crippen molar-refractivity contribution in [3.8, 4) is 5.75 Å². The Hall–Kier alpha value is -3.16. The smallest absolute Gasteiger partial charge is 0.240 e. The van der Waals surface area contributed by atoms with Crippen molar-refractivity contribution < 1.29 is 18.0 Å². The van der Waals surface area contributed by atoms with Crippen LogP contribution in [0.2, 0.25) is 0 Å². The summed E-state index contributed by atoms with van der Waals surface area (Å²) in [7, 11) is -2.06. The highest BCUT2D eigenvalue weighted by Gasteiger charge is 2.19. The quantitative estimate of drug-likeness (QED) is 0.415. The molecule has 3 rings (SSSR count). The summed E-state index contributed by atoms with van der Waals surface area (Å²) in [6, 6.07) is 23.4. The van der Waals surface area contributed by atoms with Crippen molar-refractivity contribution in [3.63, 3.8) is 0 Å². The Balaban J connectivity index is 1.71. The van der Waals surface area contributed by atoms with E-state index in [1.807, 2.05) is 61.5 Å². The molecule has 156 valence electrons. The van der Waals surface area contributed by atoms with Crippen LogP contribution in [0.15, 0.2) is 88.9 Å². The molecule has 0 radical (unpaired) electrons. The Morgan fingerprint density at radius 1 is 0.967 bits per heavy atom. The number of ether oxygens (including phenoxy) is 1. The van der Waals surface area contributed by atoms with E-state index < -0.39 is 16.1 Å². The molecule has 0 aliphatic heterocycles. The number of nitrogens with one attached hydrogen (secondary N) is 1. The molecule has 0 aliphatic carbocycles. The third kappa shape index (κ3) is 5.92. The second kappa shape index (κ2) is 10.0. The van der Waals surface area contributed by atoms with E-state index in [-0.39, 0.29) is 11.4 Å². The molecule has 0 amide bonds. The van der Waals surface area contributed by atoms with Crippen molar-refractivity contribution in [3.05, 3.63) is 95.6 Å². The summed E-state index contributed by atoms with van der Waals surface area (Å²) < 4.78 is 33.0. The third-order valence-electron chi connectivity index (χ3n) is 4.47. The molecule has 0 aliphatic rings. The molecule has 1 N–H and O–H groups in total. The van der Waals surface area contributed by atoms with Gasteiger partial charge in [-0.25, -0.2) is 13.1 Å². The summed E-state index contributed by atoms with van der Waals surface area (Å²) >= 11 is 0. The zero-order chi connectivity index (χ0) is 21.4. The molecule has 30 heavy (non-hydrogen) atoms. The van der Waals surface area contributed by atoms with Gasteiger partial charge in [-0.1, -0.05) is 53.2 Å². The molecule has 0 aromatic heterocycles. The third-order valence-corrected chi connectivity index (χ3v) is 5.91. The van der Waals surface area contributed by atoms with Crippen LogP contribution in [-0.2, 0) is 14.9 Å². The minimum Gasteiger partial charge on any atom is -0.497 e. The van der Waals surface area contributed by atoms with Gasteiger partial charge in [-0.2, -0.15) is 0 Å². The number of sulfonamides is 1. The number of rotatable bonds is 9. The van der Waals surface area contributed by atoms with Gasteiger partial charge in [0.1, 0.15) is 5.75 Å². The first-order valence-electron chi connectivity index (χ1n) is 9.42. The summed E-state index contributed by atoms with van der Waals surface area (Å²) in [5.74, 6) is 0.751. The zero-order valence-electron chi connectivity index (χ0n) is 16.9. The van der Waals surface area contributed by atoms with Crippen molar-refractivity contribution >= 4 is 16.2 Å². The zero-order valence-corrected chi connectivity index (χ0v) is 17.7. The highest BCUT2D eigenvalue weighted by Crippen LogP contribution is 2.19. The van der Waals surface area contributed by atoms with Crippen molar-refractivity contribution in [2.45, 2.75) is 17.9 Å². The fraction of sp³-hybridized carbons (Fsp3) is 0.174. The van der Waals surface area contributed by atoms with Crippen LogP contribution >= 0.6 is 0 Å². The van der Waals surface area contributed by atoms with Crippen molar-refractivity contribution in [2.75, 3.05) is 13.7 Å². The van der Waals surface area contributed by atoms with Crippen LogP contribution in [0, 0.1) is 6.92 Å². The lowest BCUT2D eigenvalue weighted by molar-refractivity contribution is 0.0634. The Bertz CT molecular complexity index is 1060. The lowest BCUT2D eigenvalue weighted by atomic mass is 10.1. The van der Waals surface area contributed by atoms with E-state index in [4.69, 9.17) is 9.57 Å². The van der Waals surface area contributed by atoms with Crippen molar-refractivity contribution in [1.29, 1.82) is 0 Å². The number of benzene rings is 3. The van der Waals surface area contributed by atoms with E-state index >= 15 is 0 Å².